The number of carbonyl (C=O) groups is 1. The van der Waals surface area contributed by atoms with Crippen molar-refractivity contribution in [1.82, 2.24) is 20.4 Å². The second-order valence-corrected chi connectivity index (χ2v) is 7.99. The maximum Gasteiger partial charge on any atom is 0.240 e. The molecule has 6 nitrogen and oxygen atoms in total. The number of halogens is 1. The summed E-state index contributed by atoms with van der Waals surface area (Å²) in [6.07, 6.45) is 6.96. The second-order valence-electron chi connectivity index (χ2n) is 7.12. The average molecular weight is 373 g/mol. The van der Waals surface area contributed by atoms with Crippen molar-refractivity contribution < 1.29 is 9.32 Å². The van der Waals surface area contributed by atoms with E-state index in [2.05, 4.69) is 20.4 Å². The number of hydrogen-bond acceptors (Lipinski definition) is 6. The molecule has 2 heterocycles. The van der Waals surface area contributed by atoms with Crippen LogP contribution in [0.3, 0.4) is 0 Å². The molecule has 1 N–H and O–H groups in total. The van der Waals surface area contributed by atoms with Crippen molar-refractivity contribution in [2.75, 3.05) is 25.1 Å². The number of rotatable bonds is 7. The first-order chi connectivity index (χ1) is 11.2. The Bertz CT molecular complexity index is 576. The molecule has 0 bridgehead atoms. The summed E-state index contributed by atoms with van der Waals surface area (Å²) in [5.41, 5.74) is 0. The van der Waals surface area contributed by atoms with Crippen LogP contribution in [0.5, 0.6) is 0 Å². The first kappa shape index (κ1) is 18.0. The molecule has 3 fully saturated rings. The summed E-state index contributed by atoms with van der Waals surface area (Å²) >= 11 is 1.57. The fourth-order valence-corrected chi connectivity index (χ4v) is 3.95. The first-order valence-electron chi connectivity index (χ1n) is 8.56. The summed E-state index contributed by atoms with van der Waals surface area (Å²) < 4.78 is 5.40. The molecule has 2 aliphatic carbocycles. The molecule has 2 saturated carbocycles. The van der Waals surface area contributed by atoms with Crippen molar-refractivity contribution in [3.8, 4) is 0 Å². The van der Waals surface area contributed by atoms with Gasteiger partial charge >= 0.3 is 0 Å². The van der Waals surface area contributed by atoms with Crippen LogP contribution in [0.1, 0.15) is 43.3 Å². The van der Waals surface area contributed by atoms with Crippen LogP contribution in [-0.4, -0.2) is 52.1 Å². The molecule has 4 rings (SSSR count). The minimum atomic E-state index is 0. The lowest BCUT2D eigenvalue weighted by Gasteiger charge is -2.19. The zero-order chi connectivity index (χ0) is 15.8. The predicted octanol–water partition coefficient (Wildman–Crippen LogP) is 2.06. The Labute approximate surface area is 152 Å². The fraction of sp³-hybridized carbons (Fsp3) is 0.812. The minimum Gasteiger partial charge on any atom is -0.351 e. The molecule has 3 aliphatic rings. The zero-order valence-corrected chi connectivity index (χ0v) is 15.6. The van der Waals surface area contributed by atoms with Gasteiger partial charge in [0.25, 0.3) is 0 Å². The van der Waals surface area contributed by atoms with Crippen molar-refractivity contribution in [1.29, 1.82) is 0 Å². The fourth-order valence-electron chi connectivity index (χ4n) is 3.61. The smallest absolute Gasteiger partial charge is 0.240 e. The van der Waals surface area contributed by atoms with Crippen LogP contribution in [0.15, 0.2) is 4.52 Å². The van der Waals surface area contributed by atoms with Crippen LogP contribution >= 0.6 is 24.2 Å². The second kappa shape index (κ2) is 7.62. The number of nitrogens with zero attached hydrogens (tertiary/aromatic N) is 3. The lowest BCUT2D eigenvalue weighted by atomic mass is 9.98. The molecule has 1 aliphatic heterocycles. The van der Waals surface area contributed by atoms with E-state index in [-0.39, 0.29) is 24.4 Å². The van der Waals surface area contributed by atoms with Gasteiger partial charge in [-0.05, 0) is 43.8 Å². The molecule has 2 atom stereocenters. The van der Waals surface area contributed by atoms with Crippen molar-refractivity contribution in [3.63, 3.8) is 0 Å². The molecule has 0 unspecified atom stereocenters. The number of thioether (sulfide) groups is 1. The minimum absolute atomic E-state index is 0. The van der Waals surface area contributed by atoms with Gasteiger partial charge in [-0.1, -0.05) is 5.16 Å². The monoisotopic (exact) mass is 372 g/mol. The molecular formula is C16H25ClN4O2S. The number of amides is 1. The quantitative estimate of drug-likeness (QED) is 0.789. The average Bonchev–Trinajstić information content (AvgIpc) is 3.45. The highest BCUT2D eigenvalue weighted by molar-refractivity contribution is 7.99. The van der Waals surface area contributed by atoms with Crippen molar-refractivity contribution in [3.05, 3.63) is 11.7 Å². The normalized spacial score (nSPS) is 27.0. The van der Waals surface area contributed by atoms with Gasteiger partial charge < -0.3 is 9.84 Å². The topological polar surface area (TPSA) is 71.3 Å². The van der Waals surface area contributed by atoms with E-state index in [1.54, 1.807) is 11.8 Å². The Morgan fingerprint density at radius 3 is 2.79 bits per heavy atom. The summed E-state index contributed by atoms with van der Waals surface area (Å²) in [7, 11) is 0. The lowest BCUT2D eigenvalue weighted by molar-refractivity contribution is -0.119. The molecule has 1 aromatic heterocycles. The predicted molar refractivity (Wildman–Crippen MR) is 95.3 cm³/mol. The van der Waals surface area contributed by atoms with E-state index in [1.807, 2.05) is 6.26 Å². The Morgan fingerprint density at radius 2 is 2.12 bits per heavy atom. The molecule has 24 heavy (non-hydrogen) atoms. The summed E-state index contributed by atoms with van der Waals surface area (Å²) in [5, 5.41) is 7.33. The van der Waals surface area contributed by atoms with Gasteiger partial charge in [-0.3, -0.25) is 9.69 Å². The number of carbonyl (C=O) groups excluding carboxylic acids is 1. The molecule has 1 aromatic rings. The third-order valence-electron chi connectivity index (χ3n) is 5.08. The van der Waals surface area contributed by atoms with E-state index in [0.717, 1.165) is 30.7 Å². The van der Waals surface area contributed by atoms with E-state index in [1.165, 1.54) is 25.7 Å². The van der Waals surface area contributed by atoms with Crippen LogP contribution in [0.4, 0.5) is 0 Å². The van der Waals surface area contributed by atoms with Crippen molar-refractivity contribution >= 4 is 30.1 Å². The highest BCUT2D eigenvalue weighted by atomic mass is 35.5. The van der Waals surface area contributed by atoms with Crippen LogP contribution < -0.4 is 5.32 Å². The molecular weight excluding hydrogens is 348 g/mol. The summed E-state index contributed by atoms with van der Waals surface area (Å²) in [6.45, 7) is 2.62. The van der Waals surface area contributed by atoms with Gasteiger partial charge in [0.05, 0.1) is 12.3 Å². The Hall–Kier alpha value is -0.790. The van der Waals surface area contributed by atoms with Crippen molar-refractivity contribution in [2.45, 2.75) is 44.2 Å². The third kappa shape index (κ3) is 4.24. The van der Waals surface area contributed by atoms with Gasteiger partial charge in [-0.15, -0.1) is 12.4 Å². The molecule has 1 saturated heterocycles. The summed E-state index contributed by atoms with van der Waals surface area (Å²) in [4.78, 5) is 18.8. The van der Waals surface area contributed by atoms with Crippen molar-refractivity contribution in [2.24, 2.45) is 11.8 Å². The van der Waals surface area contributed by atoms with E-state index < -0.39 is 0 Å². The molecule has 0 spiro atoms. The van der Waals surface area contributed by atoms with Gasteiger partial charge in [-0.2, -0.15) is 16.7 Å². The Balaban J connectivity index is 0.00000169. The van der Waals surface area contributed by atoms with E-state index >= 15 is 0 Å². The van der Waals surface area contributed by atoms with Gasteiger partial charge in [0, 0.05) is 25.0 Å². The number of hydrogen-bond donors (Lipinski definition) is 1. The van der Waals surface area contributed by atoms with Gasteiger partial charge in [0.2, 0.25) is 11.8 Å². The molecule has 134 valence electrons. The lowest BCUT2D eigenvalue weighted by Crippen LogP contribution is -2.42. The standard InChI is InChI=1S/C16H24N4O2S.ClH/c1-23-9-14(21)17-13-7-20(6-12(13)10-2-3-10)8-15-18-16(19-22-15)11-4-5-11;/h10-13H,2-9H2,1H3,(H,17,21);1H/t12-,13+;/m1./s1. The maximum absolute atomic E-state index is 11.9. The maximum atomic E-state index is 11.9. The molecule has 1 amide bonds. The Kier molecular flexibility index (Phi) is 5.72. The largest absolute Gasteiger partial charge is 0.351 e. The highest BCUT2D eigenvalue weighted by Gasteiger charge is 2.43. The molecule has 0 aromatic carbocycles. The van der Waals surface area contributed by atoms with Crippen LogP contribution in [0.2, 0.25) is 0 Å². The van der Waals surface area contributed by atoms with E-state index in [4.69, 9.17) is 4.52 Å². The molecule has 8 heteroatoms. The van der Waals surface area contributed by atoms with Crippen LogP contribution in [-0.2, 0) is 11.3 Å². The molecule has 0 radical (unpaired) electrons. The summed E-state index contributed by atoms with van der Waals surface area (Å²) in [5.74, 6) is 4.19. The first-order valence-corrected chi connectivity index (χ1v) is 9.95. The number of aromatic nitrogens is 2. The van der Waals surface area contributed by atoms with Gasteiger partial charge in [0.1, 0.15) is 0 Å². The third-order valence-corrected chi connectivity index (χ3v) is 5.63. The van der Waals surface area contributed by atoms with Crippen LogP contribution in [0.25, 0.3) is 0 Å². The number of nitrogens with one attached hydrogen (secondary N) is 1. The highest BCUT2D eigenvalue weighted by Crippen LogP contribution is 2.42. The van der Waals surface area contributed by atoms with E-state index in [0.29, 0.717) is 24.1 Å². The number of likely N-dealkylation sites (tertiary alicyclic amines) is 1. The van der Waals surface area contributed by atoms with Crippen LogP contribution in [0, 0.1) is 11.8 Å². The Morgan fingerprint density at radius 1 is 1.33 bits per heavy atom. The SMILES string of the molecule is CSCC(=O)N[C@H]1CN(Cc2nc(C3CC3)no2)C[C@@H]1C1CC1.Cl. The van der Waals surface area contributed by atoms with Gasteiger partial charge in [-0.25, -0.2) is 0 Å². The zero-order valence-electron chi connectivity index (χ0n) is 13.9. The van der Waals surface area contributed by atoms with Gasteiger partial charge in [0.15, 0.2) is 5.82 Å². The van der Waals surface area contributed by atoms with E-state index in [9.17, 15) is 4.79 Å². The summed E-state index contributed by atoms with van der Waals surface area (Å²) in [6, 6.07) is 0.271.